The number of benzene rings is 5. The highest BCUT2D eigenvalue weighted by Crippen LogP contribution is 2.36. The maximum Gasteiger partial charge on any atom is 0.416 e. The lowest BCUT2D eigenvalue weighted by Crippen LogP contribution is -2.33. The Morgan fingerprint density at radius 2 is 0.809 bits per heavy atom. The first-order chi connectivity index (χ1) is 31.7. The average Bonchev–Trinajstić information content (AvgIpc) is 3.25. The minimum Gasteiger partial charge on any atom is -0.324 e. The third-order valence-corrected chi connectivity index (χ3v) is 10.9. The fraction of sp³-hybridized carbons (Fsp3) is 0.182. The molecule has 0 aromatic heterocycles. The number of hydrogen-bond donors (Lipinski definition) is 4. The molecule has 5 aromatic carbocycles. The van der Waals surface area contributed by atoms with E-state index < -0.39 is 70.8 Å². The number of Topliss-reactive ketones (excluding diaryl/α,β-unsaturated/α-hetero) is 2. The molecule has 14 nitrogen and oxygen atoms in total. The van der Waals surface area contributed by atoms with Crippen molar-refractivity contribution in [2.75, 3.05) is 21.3 Å². The summed E-state index contributed by atoms with van der Waals surface area (Å²) in [6.07, 6.45) is -9.44. The van der Waals surface area contributed by atoms with Crippen molar-refractivity contribution in [1.82, 2.24) is 0 Å². The van der Waals surface area contributed by atoms with Crippen LogP contribution in [-0.4, -0.2) is 47.3 Å². The average molecular weight is 1020 g/mol. The van der Waals surface area contributed by atoms with Gasteiger partial charge in [0.25, 0.3) is 23.6 Å². The Labute approximate surface area is 401 Å². The summed E-state index contributed by atoms with van der Waals surface area (Å²) in [5.41, 5.74) is -2.27. The first-order valence-electron chi connectivity index (χ1n) is 19.2. The van der Waals surface area contributed by atoms with Crippen molar-refractivity contribution in [2.45, 2.75) is 52.1 Å². The van der Waals surface area contributed by atoms with Crippen molar-refractivity contribution in [3.63, 3.8) is 0 Å². The van der Waals surface area contributed by atoms with Crippen LogP contribution in [0.5, 0.6) is 0 Å². The van der Waals surface area contributed by atoms with Gasteiger partial charge in [0.2, 0.25) is 12.1 Å². The molecule has 4 amide bonds. The van der Waals surface area contributed by atoms with Crippen LogP contribution < -0.4 is 21.3 Å². The van der Waals surface area contributed by atoms with Crippen LogP contribution in [0, 0.1) is 13.8 Å². The third-order valence-electron chi connectivity index (χ3n) is 9.62. The van der Waals surface area contributed by atoms with Crippen LogP contribution >= 0.6 is 46.4 Å². The van der Waals surface area contributed by atoms with E-state index in [0.717, 1.165) is 50.2 Å². The molecule has 5 rings (SSSR count). The topological polar surface area (TPSA) is 200 Å². The number of carbonyl (C=O) groups is 6. The maximum atomic E-state index is 13.4. The second-order valence-corrected chi connectivity index (χ2v) is 16.1. The lowest BCUT2D eigenvalue weighted by atomic mass is 10.0. The van der Waals surface area contributed by atoms with Crippen molar-refractivity contribution in [3.05, 3.63) is 138 Å². The van der Waals surface area contributed by atoms with Crippen LogP contribution in [0.15, 0.2) is 105 Å². The number of carbonyl (C=O) groups excluding carboxylic acids is 6. The summed E-state index contributed by atoms with van der Waals surface area (Å²) in [7, 11) is 0. The zero-order valence-corrected chi connectivity index (χ0v) is 38.3. The molecule has 5 aromatic rings. The number of azo groups is 2. The fourth-order valence-electron chi connectivity index (χ4n) is 5.85. The highest BCUT2D eigenvalue weighted by Gasteiger charge is 2.33. The van der Waals surface area contributed by atoms with Crippen molar-refractivity contribution >= 4 is 116 Å². The van der Waals surface area contributed by atoms with Crippen LogP contribution in [0.25, 0.3) is 0 Å². The van der Waals surface area contributed by atoms with Crippen molar-refractivity contribution in [1.29, 1.82) is 0 Å². The van der Waals surface area contributed by atoms with Gasteiger partial charge in [-0.25, -0.2) is 0 Å². The zero-order chi connectivity index (χ0) is 50.4. The van der Waals surface area contributed by atoms with Gasteiger partial charge in [0.05, 0.1) is 65.1 Å². The van der Waals surface area contributed by atoms with Gasteiger partial charge in [-0.3, -0.25) is 28.8 Å². The van der Waals surface area contributed by atoms with Crippen LogP contribution in [-0.2, 0) is 31.5 Å². The number of rotatable bonds is 14. The largest absolute Gasteiger partial charge is 0.416 e. The number of nitrogens with zero attached hydrogens (tertiary/aromatic N) is 4. The van der Waals surface area contributed by atoms with Crippen LogP contribution in [0.3, 0.4) is 0 Å². The summed E-state index contributed by atoms with van der Waals surface area (Å²) >= 11 is 24.4. The van der Waals surface area contributed by atoms with E-state index in [2.05, 4.69) is 41.7 Å². The van der Waals surface area contributed by atoms with Gasteiger partial charge in [-0.2, -0.15) is 46.8 Å². The number of alkyl halides is 6. The Morgan fingerprint density at radius 1 is 0.471 bits per heavy atom. The molecule has 68 heavy (non-hydrogen) atoms. The number of nitrogens with one attached hydrogen (secondary N) is 4. The minimum atomic E-state index is -4.72. The molecule has 2 atom stereocenters. The second-order valence-electron chi connectivity index (χ2n) is 14.5. The minimum absolute atomic E-state index is 0.0622. The first kappa shape index (κ1) is 52.2. The van der Waals surface area contributed by atoms with Crippen LogP contribution in [0.2, 0.25) is 20.1 Å². The van der Waals surface area contributed by atoms with E-state index in [4.69, 9.17) is 46.4 Å². The number of halogens is 10. The number of anilines is 4. The third kappa shape index (κ3) is 13.0. The Balaban J connectivity index is 1.27. The predicted octanol–water partition coefficient (Wildman–Crippen LogP) is 12.8. The molecule has 0 fully saturated rings. The predicted molar refractivity (Wildman–Crippen MR) is 243 cm³/mol. The van der Waals surface area contributed by atoms with Gasteiger partial charge in [-0.1, -0.05) is 46.4 Å². The Hall–Kier alpha value is -6.74. The van der Waals surface area contributed by atoms with Gasteiger partial charge >= 0.3 is 12.4 Å². The van der Waals surface area contributed by atoms with E-state index in [1.165, 1.54) is 36.4 Å². The molecule has 24 heteroatoms. The van der Waals surface area contributed by atoms with E-state index in [-0.39, 0.29) is 65.3 Å². The van der Waals surface area contributed by atoms with Gasteiger partial charge < -0.3 is 21.3 Å². The molecule has 0 spiro atoms. The molecule has 0 saturated carbocycles. The molecule has 4 N–H and O–H groups in total. The Morgan fingerprint density at radius 3 is 1.13 bits per heavy atom. The summed E-state index contributed by atoms with van der Waals surface area (Å²) in [6.45, 7) is 5.31. The summed E-state index contributed by atoms with van der Waals surface area (Å²) in [5.74, 6) is -5.23. The lowest BCUT2D eigenvalue weighted by Gasteiger charge is -2.17. The van der Waals surface area contributed by atoms with E-state index in [0.29, 0.717) is 23.3 Å². The Bertz CT molecular complexity index is 2740. The van der Waals surface area contributed by atoms with E-state index in [1.54, 1.807) is 13.8 Å². The van der Waals surface area contributed by atoms with Gasteiger partial charge in [0, 0.05) is 11.4 Å². The molecule has 0 bridgehead atoms. The molecular formula is C44H32Cl4F6N8O6. The van der Waals surface area contributed by atoms with E-state index in [1.807, 2.05) is 0 Å². The molecule has 0 aliphatic rings. The molecule has 0 aliphatic heterocycles. The van der Waals surface area contributed by atoms with Crippen LogP contribution in [0.1, 0.15) is 56.8 Å². The molecule has 0 radical (unpaired) electrons. The Kier molecular flexibility index (Phi) is 16.5. The molecule has 0 aliphatic carbocycles. The van der Waals surface area contributed by atoms with E-state index >= 15 is 0 Å². The monoisotopic (exact) mass is 1020 g/mol. The molecule has 2 unspecified atom stereocenters. The van der Waals surface area contributed by atoms with Crippen molar-refractivity contribution in [2.24, 2.45) is 20.5 Å². The normalized spacial score (nSPS) is 12.7. The van der Waals surface area contributed by atoms with Gasteiger partial charge in [-0.05, 0) is 124 Å². The highest BCUT2D eigenvalue weighted by molar-refractivity contribution is 6.37. The molecule has 354 valence electrons. The first-order valence-corrected chi connectivity index (χ1v) is 20.8. The van der Waals surface area contributed by atoms with Gasteiger partial charge in [0.1, 0.15) is 0 Å². The highest BCUT2D eigenvalue weighted by atomic mass is 35.5. The number of ketones is 2. The van der Waals surface area contributed by atoms with Gasteiger partial charge in [0.15, 0.2) is 11.6 Å². The van der Waals surface area contributed by atoms with Crippen LogP contribution in [0.4, 0.5) is 60.5 Å². The standard InChI is InChI=1S/C44H32Cl4F6N8O6/c1-19-20(2)34(56-42(68)38(22(4)64)62-60-26-8-12-30(46)28(18-26)40(66)58-36-16-24(44(52,53)54)6-10-32(36)48)14-13-33(19)55-41(67)37(21(3)63)61-59-25-7-11-29(45)27(17-25)39(65)57-35-15-23(43(49,50)51)5-9-31(35)47/h5-18,37-38H,1-4H3,(H,55,67)(H,56,68)(H,57,65)(H,58,66). The summed E-state index contributed by atoms with van der Waals surface area (Å²) in [5, 5.41) is 24.6. The fourth-order valence-corrected chi connectivity index (χ4v) is 6.59. The van der Waals surface area contributed by atoms with Crippen molar-refractivity contribution < 1.29 is 55.1 Å². The molecule has 0 heterocycles. The van der Waals surface area contributed by atoms with Crippen molar-refractivity contribution in [3.8, 4) is 0 Å². The lowest BCUT2D eigenvalue weighted by molar-refractivity contribution is -0.138. The smallest absolute Gasteiger partial charge is 0.324 e. The summed E-state index contributed by atoms with van der Waals surface area (Å²) in [6, 6.07) is 11.4. The summed E-state index contributed by atoms with van der Waals surface area (Å²) < 4.78 is 79.5. The maximum absolute atomic E-state index is 13.4. The summed E-state index contributed by atoms with van der Waals surface area (Å²) in [4.78, 5) is 78.0. The number of amides is 4. The quantitative estimate of drug-likeness (QED) is 0.0484. The molecule has 0 saturated heterocycles. The second kappa shape index (κ2) is 21.5. The van der Waals surface area contributed by atoms with Gasteiger partial charge in [-0.15, -0.1) is 0 Å². The zero-order valence-electron chi connectivity index (χ0n) is 35.3. The van der Waals surface area contributed by atoms with E-state index in [9.17, 15) is 55.1 Å². The molecular weight excluding hydrogens is 992 g/mol. The number of hydrogen-bond acceptors (Lipinski definition) is 10. The SMILES string of the molecule is CC(=O)C(N=Nc1ccc(Cl)c(C(=O)Nc2cc(C(F)(F)F)ccc2Cl)c1)C(=O)Nc1ccc(NC(=O)C(N=Nc2ccc(Cl)c(C(=O)Nc3cc(C(F)(F)F)ccc3Cl)c2)C(C)=O)c(C)c1C.